The summed E-state index contributed by atoms with van der Waals surface area (Å²) in [4.78, 5) is 24.6. The molecule has 180 valence electrons. The summed E-state index contributed by atoms with van der Waals surface area (Å²) in [7, 11) is 0. The summed E-state index contributed by atoms with van der Waals surface area (Å²) in [6.45, 7) is 2.43. The number of esters is 2. The molecule has 0 radical (unpaired) electrons. The van der Waals surface area contributed by atoms with E-state index in [0.29, 0.717) is 0 Å². The van der Waals surface area contributed by atoms with Crippen molar-refractivity contribution >= 4 is 11.9 Å². The Bertz CT molecular complexity index is 993. The molecule has 0 saturated heterocycles. The highest BCUT2D eigenvalue weighted by Crippen LogP contribution is 2.33. The second kappa shape index (κ2) is 9.67. The smallest absolute Gasteiger partial charge is 0.326 e. The summed E-state index contributed by atoms with van der Waals surface area (Å²) in [6.07, 6.45) is -0.136. The third kappa shape index (κ3) is 4.59. The number of halogens is 10. The third-order valence-electron chi connectivity index (χ3n) is 4.47. The van der Waals surface area contributed by atoms with Crippen LogP contribution in [0.25, 0.3) is 0 Å². The Morgan fingerprint density at radius 1 is 0.576 bits per heavy atom. The van der Waals surface area contributed by atoms with E-state index in [0.717, 1.165) is 6.92 Å². The van der Waals surface area contributed by atoms with Crippen molar-refractivity contribution in [1.82, 2.24) is 0 Å². The van der Waals surface area contributed by atoms with E-state index in [1.165, 1.54) is 6.92 Å². The van der Waals surface area contributed by atoms with E-state index in [2.05, 4.69) is 9.47 Å². The maximum atomic E-state index is 13.8. The Morgan fingerprint density at radius 3 is 1.06 bits per heavy atom. The summed E-state index contributed by atoms with van der Waals surface area (Å²) in [6, 6.07) is 0. The largest absolute Gasteiger partial charge is 0.419 e. The molecule has 0 bridgehead atoms. The molecule has 0 saturated carbocycles. The molecule has 0 heterocycles. The summed E-state index contributed by atoms with van der Waals surface area (Å²) in [5, 5.41) is 0. The molecular formula is C19H10F10O4. The van der Waals surface area contributed by atoms with Crippen molar-refractivity contribution in [2.45, 2.75) is 20.3 Å². The minimum Gasteiger partial charge on any atom is -0.419 e. The Kier molecular flexibility index (Phi) is 7.60. The summed E-state index contributed by atoms with van der Waals surface area (Å²) in [5.74, 6) is -37.1. The van der Waals surface area contributed by atoms with Gasteiger partial charge in [0, 0.05) is 0 Å². The first-order chi connectivity index (χ1) is 15.3. The molecule has 0 aliphatic rings. The summed E-state index contributed by atoms with van der Waals surface area (Å²) >= 11 is 0. The van der Waals surface area contributed by atoms with Crippen LogP contribution in [0.2, 0.25) is 0 Å². The van der Waals surface area contributed by atoms with Crippen molar-refractivity contribution in [3.8, 4) is 11.5 Å². The van der Waals surface area contributed by atoms with Gasteiger partial charge in [-0.1, -0.05) is 20.3 Å². The number of hydrogen-bond acceptors (Lipinski definition) is 4. The highest BCUT2D eigenvalue weighted by molar-refractivity contribution is 5.97. The monoisotopic (exact) mass is 492 g/mol. The van der Waals surface area contributed by atoms with Gasteiger partial charge in [-0.3, -0.25) is 9.59 Å². The molecular weight excluding hydrogens is 482 g/mol. The lowest BCUT2D eigenvalue weighted by Crippen LogP contribution is -2.37. The van der Waals surface area contributed by atoms with Gasteiger partial charge < -0.3 is 9.47 Å². The Labute approximate surface area is 177 Å². The molecule has 4 nitrogen and oxygen atoms in total. The van der Waals surface area contributed by atoms with Crippen LogP contribution in [0.4, 0.5) is 43.9 Å². The van der Waals surface area contributed by atoms with E-state index in [1.54, 1.807) is 0 Å². The van der Waals surface area contributed by atoms with E-state index < -0.39 is 93.4 Å². The van der Waals surface area contributed by atoms with Crippen LogP contribution in [0.15, 0.2) is 0 Å². The van der Waals surface area contributed by atoms with E-state index in [9.17, 15) is 53.5 Å². The number of hydrogen-bond donors (Lipinski definition) is 0. The topological polar surface area (TPSA) is 52.6 Å². The molecule has 0 amide bonds. The Balaban J connectivity index is 2.47. The molecule has 0 N–H and O–H groups in total. The fourth-order valence-corrected chi connectivity index (χ4v) is 2.47. The van der Waals surface area contributed by atoms with Gasteiger partial charge in [0.25, 0.3) is 0 Å². The first kappa shape index (κ1) is 25.9. The molecule has 1 atom stereocenters. The first-order valence-corrected chi connectivity index (χ1v) is 8.72. The molecule has 0 aliphatic carbocycles. The van der Waals surface area contributed by atoms with E-state index in [-0.39, 0.29) is 6.42 Å². The minimum absolute atomic E-state index is 0.136. The van der Waals surface area contributed by atoms with Crippen molar-refractivity contribution in [2.75, 3.05) is 0 Å². The zero-order valence-corrected chi connectivity index (χ0v) is 16.3. The average Bonchev–Trinajstić information content (AvgIpc) is 2.79. The van der Waals surface area contributed by atoms with Gasteiger partial charge in [0.05, 0.1) is 0 Å². The van der Waals surface area contributed by atoms with Crippen LogP contribution >= 0.6 is 0 Å². The molecule has 2 aromatic rings. The summed E-state index contributed by atoms with van der Waals surface area (Å²) in [5.41, 5.74) is 0. The van der Waals surface area contributed by atoms with Crippen LogP contribution in [0.1, 0.15) is 20.3 Å². The lowest BCUT2D eigenvalue weighted by molar-refractivity contribution is -0.154. The fourth-order valence-electron chi connectivity index (χ4n) is 2.47. The predicted octanol–water partition coefficient (Wildman–Crippen LogP) is 5.25. The average molecular weight is 492 g/mol. The van der Waals surface area contributed by atoms with E-state index >= 15 is 0 Å². The van der Waals surface area contributed by atoms with Crippen LogP contribution < -0.4 is 9.47 Å². The van der Waals surface area contributed by atoms with E-state index in [4.69, 9.17) is 0 Å². The van der Waals surface area contributed by atoms with Crippen LogP contribution in [0, 0.1) is 70.0 Å². The van der Waals surface area contributed by atoms with Gasteiger partial charge in [0.2, 0.25) is 69.7 Å². The van der Waals surface area contributed by atoms with Crippen molar-refractivity contribution in [1.29, 1.82) is 0 Å². The van der Waals surface area contributed by atoms with Gasteiger partial charge in [-0.2, -0.15) is 17.6 Å². The number of carbonyl (C=O) groups excluding carboxylic acids is 2. The SMILES string of the molecule is CCC(C)C(C(=O)Oc1c(F)c(F)c(F)c(F)c1F)C(=O)Oc1c(F)c(F)c(F)c(F)c1F. The zero-order chi connectivity index (χ0) is 25.4. The quantitative estimate of drug-likeness (QED) is 0.138. The molecule has 0 aromatic heterocycles. The third-order valence-corrected chi connectivity index (χ3v) is 4.47. The molecule has 0 spiro atoms. The van der Waals surface area contributed by atoms with Gasteiger partial charge in [-0.05, 0) is 5.92 Å². The molecule has 1 unspecified atom stereocenters. The second-order valence-electron chi connectivity index (χ2n) is 6.50. The fraction of sp³-hybridized carbons (Fsp3) is 0.263. The number of rotatable bonds is 6. The normalized spacial score (nSPS) is 12.2. The lowest BCUT2D eigenvalue weighted by Gasteiger charge is -2.20. The van der Waals surface area contributed by atoms with Gasteiger partial charge in [0.15, 0.2) is 5.92 Å². The van der Waals surface area contributed by atoms with Crippen LogP contribution in [0.3, 0.4) is 0 Å². The second-order valence-corrected chi connectivity index (χ2v) is 6.50. The zero-order valence-electron chi connectivity index (χ0n) is 16.3. The molecule has 0 aliphatic heterocycles. The molecule has 2 aromatic carbocycles. The van der Waals surface area contributed by atoms with Gasteiger partial charge in [-0.15, -0.1) is 0 Å². The minimum atomic E-state index is -2.58. The van der Waals surface area contributed by atoms with Gasteiger partial charge >= 0.3 is 11.9 Å². The standard InChI is InChI=1S/C19H10F10O4/c1-3-4(2)5(18(30)32-16-12(26)8(22)6(20)9(23)13(16)27)19(31)33-17-14(28)10(24)7(21)11(25)15(17)29/h4-5H,3H2,1-2H3. The summed E-state index contributed by atoms with van der Waals surface area (Å²) < 4.78 is 143. The number of carbonyl (C=O) groups is 2. The Morgan fingerprint density at radius 2 is 0.818 bits per heavy atom. The van der Waals surface area contributed by atoms with Crippen LogP contribution in [-0.4, -0.2) is 11.9 Å². The van der Waals surface area contributed by atoms with E-state index in [1.807, 2.05) is 0 Å². The van der Waals surface area contributed by atoms with Crippen LogP contribution in [-0.2, 0) is 9.59 Å². The van der Waals surface area contributed by atoms with Gasteiger partial charge in [0.1, 0.15) is 0 Å². The molecule has 33 heavy (non-hydrogen) atoms. The number of ether oxygens (including phenoxy) is 2. The molecule has 14 heteroatoms. The lowest BCUT2D eigenvalue weighted by atomic mass is 9.92. The number of benzene rings is 2. The maximum Gasteiger partial charge on any atom is 0.326 e. The van der Waals surface area contributed by atoms with Crippen molar-refractivity contribution < 1.29 is 63.0 Å². The molecule has 2 rings (SSSR count). The first-order valence-electron chi connectivity index (χ1n) is 8.72. The van der Waals surface area contributed by atoms with Crippen molar-refractivity contribution in [3.05, 3.63) is 58.2 Å². The highest BCUT2D eigenvalue weighted by atomic mass is 19.2. The maximum absolute atomic E-state index is 13.8. The molecule has 0 fully saturated rings. The highest BCUT2D eigenvalue weighted by Gasteiger charge is 2.39. The van der Waals surface area contributed by atoms with Crippen molar-refractivity contribution in [2.24, 2.45) is 11.8 Å². The predicted molar refractivity (Wildman–Crippen MR) is 86.7 cm³/mol. The van der Waals surface area contributed by atoms with Gasteiger partial charge in [-0.25, -0.2) is 26.3 Å². The Hall–Kier alpha value is -3.32. The van der Waals surface area contributed by atoms with Crippen molar-refractivity contribution in [3.63, 3.8) is 0 Å². The van der Waals surface area contributed by atoms with Crippen LogP contribution in [0.5, 0.6) is 11.5 Å².